The molecule has 1 amide bonds. The van der Waals surface area contributed by atoms with Gasteiger partial charge in [-0.05, 0) is 12.1 Å². The van der Waals surface area contributed by atoms with Gasteiger partial charge in [0.1, 0.15) is 11.3 Å². The molecular formula is C14H11FN4O. The fourth-order valence-electron chi connectivity index (χ4n) is 2.02. The summed E-state index contributed by atoms with van der Waals surface area (Å²) in [6.07, 6.45) is 4.06. The third kappa shape index (κ3) is 2.01. The van der Waals surface area contributed by atoms with Gasteiger partial charge in [0.05, 0.1) is 35.5 Å². The van der Waals surface area contributed by atoms with Gasteiger partial charge >= 0.3 is 0 Å². The Morgan fingerprint density at radius 3 is 3.00 bits per heavy atom. The van der Waals surface area contributed by atoms with Gasteiger partial charge in [-0.3, -0.25) is 9.78 Å². The van der Waals surface area contributed by atoms with E-state index in [0.29, 0.717) is 16.8 Å². The molecule has 2 heterocycles. The van der Waals surface area contributed by atoms with Crippen molar-refractivity contribution in [3.63, 3.8) is 0 Å². The zero-order chi connectivity index (χ0) is 14.1. The van der Waals surface area contributed by atoms with Crippen LogP contribution >= 0.6 is 0 Å². The van der Waals surface area contributed by atoms with Crippen molar-refractivity contribution in [1.82, 2.24) is 15.0 Å². The van der Waals surface area contributed by atoms with Crippen molar-refractivity contribution in [2.45, 2.75) is 0 Å². The monoisotopic (exact) mass is 270 g/mol. The van der Waals surface area contributed by atoms with E-state index in [1.807, 2.05) is 6.07 Å². The summed E-state index contributed by atoms with van der Waals surface area (Å²) in [5.41, 5.74) is 2.22. The normalized spacial score (nSPS) is 10.7. The molecule has 0 saturated heterocycles. The average Bonchev–Trinajstić information content (AvgIpc) is 2.94. The largest absolute Gasteiger partial charge is 0.345 e. The maximum atomic E-state index is 13.2. The highest BCUT2D eigenvalue weighted by Crippen LogP contribution is 2.20. The third-order valence-electron chi connectivity index (χ3n) is 3.06. The van der Waals surface area contributed by atoms with Crippen molar-refractivity contribution >= 4 is 22.6 Å². The fourth-order valence-corrected chi connectivity index (χ4v) is 2.02. The Labute approximate surface area is 114 Å². The van der Waals surface area contributed by atoms with Gasteiger partial charge in [0.2, 0.25) is 0 Å². The number of pyridine rings is 1. The number of benzene rings is 1. The number of imidazole rings is 1. The zero-order valence-corrected chi connectivity index (χ0v) is 10.7. The number of fused-ring (bicyclic) bond motifs is 1. The second-order valence-corrected chi connectivity index (χ2v) is 4.33. The number of halogens is 1. The molecule has 1 N–H and O–H groups in total. The van der Waals surface area contributed by atoms with Crippen LogP contribution in [0.4, 0.5) is 10.1 Å². The van der Waals surface area contributed by atoms with E-state index in [9.17, 15) is 9.18 Å². The lowest BCUT2D eigenvalue weighted by Crippen LogP contribution is -2.26. The van der Waals surface area contributed by atoms with Crippen LogP contribution in [0.2, 0.25) is 0 Å². The molecule has 5 nitrogen and oxygen atoms in total. The number of aromatic nitrogens is 3. The molecule has 0 bridgehead atoms. The Hall–Kier alpha value is -2.76. The van der Waals surface area contributed by atoms with Crippen LogP contribution < -0.4 is 4.90 Å². The van der Waals surface area contributed by atoms with Crippen molar-refractivity contribution in [3.8, 4) is 0 Å². The molecule has 3 aromatic rings. The molecule has 1 aromatic carbocycles. The number of H-pyrrole nitrogens is 1. The molecular weight excluding hydrogens is 259 g/mol. The molecule has 0 aliphatic rings. The van der Waals surface area contributed by atoms with E-state index >= 15 is 0 Å². The standard InChI is InChI=1S/C14H11FN4O/c1-19(10-5-9(15)6-16-7-10)14(20)11-3-2-4-12-13(11)18-8-17-12/h2-8H,1H3,(H,17,18). The van der Waals surface area contributed by atoms with Crippen LogP contribution in [0.1, 0.15) is 10.4 Å². The zero-order valence-electron chi connectivity index (χ0n) is 10.7. The first-order valence-electron chi connectivity index (χ1n) is 5.97. The molecule has 0 aliphatic carbocycles. The van der Waals surface area contributed by atoms with Crippen LogP contribution in [0.15, 0.2) is 43.0 Å². The Kier molecular flexibility index (Phi) is 2.90. The Morgan fingerprint density at radius 2 is 2.20 bits per heavy atom. The quantitative estimate of drug-likeness (QED) is 0.777. The molecule has 0 aliphatic heterocycles. The number of aromatic amines is 1. The second kappa shape index (κ2) is 4.73. The van der Waals surface area contributed by atoms with Crippen molar-refractivity contribution in [2.75, 3.05) is 11.9 Å². The van der Waals surface area contributed by atoms with Crippen LogP contribution in [0.5, 0.6) is 0 Å². The topological polar surface area (TPSA) is 61.9 Å². The van der Waals surface area contributed by atoms with Crippen molar-refractivity contribution in [1.29, 1.82) is 0 Å². The number of anilines is 1. The number of rotatable bonds is 2. The summed E-state index contributed by atoms with van der Waals surface area (Å²) in [4.78, 5) is 24.7. The van der Waals surface area contributed by atoms with Gasteiger partial charge in [-0.1, -0.05) is 6.07 Å². The number of nitrogens with zero attached hydrogens (tertiary/aromatic N) is 3. The number of amides is 1. The van der Waals surface area contributed by atoms with Crippen LogP contribution in [-0.4, -0.2) is 27.9 Å². The number of carbonyl (C=O) groups excluding carboxylic acids is 1. The van der Waals surface area contributed by atoms with E-state index in [2.05, 4.69) is 15.0 Å². The minimum atomic E-state index is -0.486. The lowest BCUT2D eigenvalue weighted by molar-refractivity contribution is 0.0994. The first-order chi connectivity index (χ1) is 9.66. The van der Waals surface area contributed by atoms with Gasteiger partial charge in [0.25, 0.3) is 5.91 Å². The molecule has 6 heteroatoms. The minimum Gasteiger partial charge on any atom is -0.345 e. The summed E-state index contributed by atoms with van der Waals surface area (Å²) in [6, 6.07) is 6.55. The highest BCUT2D eigenvalue weighted by Gasteiger charge is 2.17. The fraction of sp³-hybridized carbons (Fsp3) is 0.0714. The highest BCUT2D eigenvalue weighted by molar-refractivity contribution is 6.12. The highest BCUT2D eigenvalue weighted by atomic mass is 19.1. The van der Waals surface area contributed by atoms with E-state index in [-0.39, 0.29) is 5.91 Å². The first kappa shape index (κ1) is 12.3. The molecule has 100 valence electrons. The lowest BCUT2D eigenvalue weighted by atomic mass is 10.1. The summed E-state index contributed by atoms with van der Waals surface area (Å²) in [5.74, 6) is -0.754. The second-order valence-electron chi connectivity index (χ2n) is 4.33. The van der Waals surface area contributed by atoms with Crippen LogP contribution in [0, 0.1) is 5.82 Å². The minimum absolute atomic E-state index is 0.268. The Morgan fingerprint density at radius 1 is 1.35 bits per heavy atom. The number of nitrogens with one attached hydrogen (secondary N) is 1. The molecule has 0 spiro atoms. The van der Waals surface area contributed by atoms with E-state index in [4.69, 9.17) is 0 Å². The van der Waals surface area contributed by atoms with Crippen LogP contribution in [-0.2, 0) is 0 Å². The summed E-state index contributed by atoms with van der Waals surface area (Å²) in [6.45, 7) is 0. The van der Waals surface area contributed by atoms with E-state index in [1.54, 1.807) is 19.2 Å². The van der Waals surface area contributed by atoms with E-state index in [0.717, 1.165) is 11.7 Å². The Balaban J connectivity index is 2.02. The number of carbonyl (C=O) groups is 1. The molecule has 20 heavy (non-hydrogen) atoms. The molecule has 0 saturated carbocycles. The first-order valence-corrected chi connectivity index (χ1v) is 5.97. The molecule has 0 atom stereocenters. The predicted octanol–water partition coefficient (Wildman–Crippen LogP) is 2.37. The number of hydrogen-bond acceptors (Lipinski definition) is 3. The molecule has 0 radical (unpaired) electrons. The van der Waals surface area contributed by atoms with Gasteiger partial charge in [-0.15, -0.1) is 0 Å². The summed E-state index contributed by atoms with van der Waals surface area (Å²) < 4.78 is 13.2. The van der Waals surface area contributed by atoms with Gasteiger partial charge in [0.15, 0.2) is 0 Å². The van der Waals surface area contributed by atoms with E-state index < -0.39 is 5.82 Å². The number of para-hydroxylation sites is 1. The van der Waals surface area contributed by atoms with Gasteiger partial charge in [-0.25, -0.2) is 9.37 Å². The summed E-state index contributed by atoms with van der Waals surface area (Å²) in [5, 5.41) is 0. The van der Waals surface area contributed by atoms with Gasteiger partial charge in [-0.2, -0.15) is 0 Å². The summed E-state index contributed by atoms with van der Waals surface area (Å²) in [7, 11) is 1.57. The lowest BCUT2D eigenvalue weighted by Gasteiger charge is -2.17. The maximum Gasteiger partial charge on any atom is 0.260 e. The molecule has 0 unspecified atom stereocenters. The van der Waals surface area contributed by atoms with Crippen molar-refractivity contribution in [2.24, 2.45) is 0 Å². The predicted molar refractivity (Wildman–Crippen MR) is 73.0 cm³/mol. The van der Waals surface area contributed by atoms with Crippen molar-refractivity contribution in [3.05, 3.63) is 54.4 Å². The van der Waals surface area contributed by atoms with Crippen LogP contribution in [0.25, 0.3) is 11.0 Å². The van der Waals surface area contributed by atoms with Crippen LogP contribution in [0.3, 0.4) is 0 Å². The maximum absolute atomic E-state index is 13.2. The molecule has 0 fully saturated rings. The average molecular weight is 270 g/mol. The third-order valence-corrected chi connectivity index (χ3v) is 3.06. The molecule has 2 aromatic heterocycles. The van der Waals surface area contributed by atoms with Crippen molar-refractivity contribution < 1.29 is 9.18 Å². The van der Waals surface area contributed by atoms with Gasteiger partial charge < -0.3 is 9.88 Å². The summed E-state index contributed by atoms with van der Waals surface area (Å²) >= 11 is 0. The number of hydrogen-bond donors (Lipinski definition) is 1. The van der Waals surface area contributed by atoms with Gasteiger partial charge in [0, 0.05) is 13.1 Å². The molecule has 3 rings (SSSR count). The Bertz CT molecular complexity index is 783. The smallest absolute Gasteiger partial charge is 0.260 e. The van der Waals surface area contributed by atoms with E-state index in [1.165, 1.54) is 23.5 Å². The SMILES string of the molecule is CN(C(=O)c1cccc2[nH]cnc12)c1cncc(F)c1.